The lowest BCUT2D eigenvalue weighted by molar-refractivity contribution is -0.130. The van der Waals surface area contributed by atoms with Crippen LogP contribution >= 0.6 is 0 Å². The van der Waals surface area contributed by atoms with E-state index in [1.807, 2.05) is 0 Å². The molecule has 10 heavy (non-hydrogen) atoms. The molecule has 0 heterocycles. The van der Waals surface area contributed by atoms with Crippen LogP contribution in [-0.4, -0.2) is 5.78 Å². The Balaban J connectivity index is 2.63. The summed E-state index contributed by atoms with van der Waals surface area (Å²) in [6, 6.07) is 0. The molecule has 0 aromatic carbocycles. The number of ketones is 1. The van der Waals surface area contributed by atoms with E-state index in [1.54, 1.807) is 0 Å². The van der Waals surface area contributed by atoms with E-state index in [1.165, 1.54) is 6.42 Å². The summed E-state index contributed by atoms with van der Waals surface area (Å²) < 4.78 is 0. The highest BCUT2D eigenvalue weighted by molar-refractivity contribution is 5.84. The van der Waals surface area contributed by atoms with Gasteiger partial charge in [0, 0.05) is 11.8 Å². The third kappa shape index (κ3) is 1.23. The van der Waals surface area contributed by atoms with Crippen LogP contribution in [0.1, 0.15) is 46.0 Å². The summed E-state index contributed by atoms with van der Waals surface area (Å²) in [7, 11) is 0. The Morgan fingerprint density at radius 3 is 2.60 bits per heavy atom. The molecule has 1 saturated carbocycles. The Morgan fingerprint density at radius 1 is 1.50 bits per heavy atom. The average molecular weight is 140 g/mol. The van der Waals surface area contributed by atoms with Crippen LogP contribution < -0.4 is 0 Å². The van der Waals surface area contributed by atoms with Crippen molar-refractivity contribution in [2.75, 3.05) is 0 Å². The standard InChI is InChI=1S/C9H16O/c1-3-9(2)7-5-4-6-8(9)10/h3-7H2,1-2H3/t9-/m0/s1. The van der Waals surface area contributed by atoms with E-state index in [9.17, 15) is 4.79 Å². The maximum absolute atomic E-state index is 11.3. The molecule has 0 unspecified atom stereocenters. The highest BCUT2D eigenvalue weighted by atomic mass is 16.1. The van der Waals surface area contributed by atoms with Gasteiger partial charge >= 0.3 is 0 Å². The van der Waals surface area contributed by atoms with Crippen molar-refractivity contribution in [2.24, 2.45) is 5.41 Å². The van der Waals surface area contributed by atoms with E-state index in [0.717, 1.165) is 25.7 Å². The van der Waals surface area contributed by atoms with Gasteiger partial charge in [0.25, 0.3) is 0 Å². The molecule has 0 aromatic rings. The molecule has 1 heteroatoms. The number of carbonyl (C=O) groups is 1. The molecule has 1 nitrogen and oxygen atoms in total. The van der Waals surface area contributed by atoms with Crippen LogP contribution in [0.4, 0.5) is 0 Å². The SMILES string of the molecule is CC[C@@]1(C)CCCCC1=O. The second-order valence-corrected chi connectivity index (χ2v) is 3.54. The molecular formula is C9H16O. The first-order valence-electron chi connectivity index (χ1n) is 4.22. The van der Waals surface area contributed by atoms with Crippen LogP contribution in [-0.2, 0) is 4.79 Å². The van der Waals surface area contributed by atoms with Crippen molar-refractivity contribution < 1.29 is 4.79 Å². The second-order valence-electron chi connectivity index (χ2n) is 3.54. The molecule has 1 rings (SSSR count). The molecule has 0 aliphatic heterocycles. The van der Waals surface area contributed by atoms with E-state index in [0.29, 0.717) is 5.78 Å². The molecule has 0 bridgehead atoms. The van der Waals surface area contributed by atoms with Crippen LogP contribution in [0.3, 0.4) is 0 Å². The van der Waals surface area contributed by atoms with Crippen molar-refractivity contribution in [2.45, 2.75) is 46.0 Å². The summed E-state index contributed by atoms with van der Waals surface area (Å²) in [5, 5.41) is 0. The quantitative estimate of drug-likeness (QED) is 0.547. The zero-order valence-corrected chi connectivity index (χ0v) is 6.94. The van der Waals surface area contributed by atoms with Crippen molar-refractivity contribution in [1.82, 2.24) is 0 Å². The van der Waals surface area contributed by atoms with Gasteiger partial charge in [-0.3, -0.25) is 4.79 Å². The van der Waals surface area contributed by atoms with Crippen molar-refractivity contribution in [1.29, 1.82) is 0 Å². The Hall–Kier alpha value is -0.330. The van der Waals surface area contributed by atoms with Crippen molar-refractivity contribution in [3.8, 4) is 0 Å². The van der Waals surface area contributed by atoms with Gasteiger partial charge in [0.1, 0.15) is 5.78 Å². The molecule has 0 spiro atoms. The van der Waals surface area contributed by atoms with E-state index in [4.69, 9.17) is 0 Å². The van der Waals surface area contributed by atoms with E-state index in [-0.39, 0.29) is 5.41 Å². The minimum atomic E-state index is 0.0399. The fraction of sp³-hybridized carbons (Fsp3) is 0.889. The van der Waals surface area contributed by atoms with E-state index >= 15 is 0 Å². The third-order valence-electron chi connectivity index (χ3n) is 2.84. The Labute approximate surface area is 62.8 Å². The predicted octanol–water partition coefficient (Wildman–Crippen LogP) is 2.55. The lowest BCUT2D eigenvalue weighted by atomic mass is 9.73. The first-order chi connectivity index (χ1) is 4.69. The van der Waals surface area contributed by atoms with Gasteiger partial charge < -0.3 is 0 Å². The monoisotopic (exact) mass is 140 g/mol. The van der Waals surface area contributed by atoms with Gasteiger partial charge in [-0.2, -0.15) is 0 Å². The first kappa shape index (κ1) is 7.77. The Kier molecular flexibility index (Phi) is 2.12. The number of hydrogen-bond donors (Lipinski definition) is 0. The highest BCUT2D eigenvalue weighted by Gasteiger charge is 2.32. The van der Waals surface area contributed by atoms with Gasteiger partial charge in [0.05, 0.1) is 0 Å². The smallest absolute Gasteiger partial charge is 0.138 e. The molecule has 0 aromatic heterocycles. The van der Waals surface area contributed by atoms with Crippen LogP contribution in [0.5, 0.6) is 0 Å². The Bertz CT molecular complexity index is 140. The molecule has 0 N–H and O–H groups in total. The minimum Gasteiger partial charge on any atom is -0.299 e. The number of Topliss-reactive ketones (excluding diaryl/α,β-unsaturated/α-hetero) is 1. The highest BCUT2D eigenvalue weighted by Crippen LogP contribution is 2.35. The average Bonchev–Trinajstić information content (AvgIpc) is 1.96. The molecule has 58 valence electrons. The van der Waals surface area contributed by atoms with Gasteiger partial charge in [-0.1, -0.05) is 20.3 Å². The molecule has 0 saturated heterocycles. The molecule has 0 amide bonds. The molecule has 1 aliphatic rings. The summed E-state index contributed by atoms with van der Waals surface area (Å²) in [6.45, 7) is 4.22. The van der Waals surface area contributed by atoms with Crippen molar-refractivity contribution in [3.63, 3.8) is 0 Å². The van der Waals surface area contributed by atoms with Crippen LogP contribution in [0.15, 0.2) is 0 Å². The van der Waals surface area contributed by atoms with Gasteiger partial charge in [-0.05, 0) is 19.3 Å². The normalized spacial score (nSPS) is 34.4. The summed E-state index contributed by atoms with van der Waals surface area (Å²) in [5.41, 5.74) is 0.0399. The van der Waals surface area contributed by atoms with Crippen molar-refractivity contribution >= 4 is 5.78 Å². The van der Waals surface area contributed by atoms with E-state index < -0.39 is 0 Å². The summed E-state index contributed by atoms with van der Waals surface area (Å²) in [4.78, 5) is 11.3. The zero-order valence-electron chi connectivity index (χ0n) is 6.94. The third-order valence-corrected chi connectivity index (χ3v) is 2.84. The maximum atomic E-state index is 11.3. The topological polar surface area (TPSA) is 17.1 Å². The maximum Gasteiger partial charge on any atom is 0.138 e. The van der Waals surface area contributed by atoms with Gasteiger partial charge in [-0.25, -0.2) is 0 Å². The first-order valence-corrected chi connectivity index (χ1v) is 4.22. The number of carbonyl (C=O) groups excluding carboxylic acids is 1. The van der Waals surface area contributed by atoms with Gasteiger partial charge in [-0.15, -0.1) is 0 Å². The van der Waals surface area contributed by atoms with Gasteiger partial charge in [0.15, 0.2) is 0 Å². The molecule has 1 fully saturated rings. The molecule has 1 atom stereocenters. The summed E-state index contributed by atoms with van der Waals surface area (Å²) in [5.74, 6) is 0.487. The van der Waals surface area contributed by atoms with Crippen LogP contribution in [0.25, 0.3) is 0 Å². The second kappa shape index (κ2) is 2.73. The molecular weight excluding hydrogens is 124 g/mol. The fourth-order valence-electron chi connectivity index (χ4n) is 1.62. The molecule has 1 aliphatic carbocycles. The van der Waals surface area contributed by atoms with Crippen LogP contribution in [0, 0.1) is 5.41 Å². The molecule has 0 radical (unpaired) electrons. The summed E-state index contributed by atoms with van der Waals surface area (Å²) >= 11 is 0. The predicted molar refractivity (Wildman–Crippen MR) is 41.9 cm³/mol. The van der Waals surface area contributed by atoms with Crippen LogP contribution in [0.2, 0.25) is 0 Å². The lowest BCUT2D eigenvalue weighted by Gasteiger charge is -2.30. The minimum absolute atomic E-state index is 0.0399. The zero-order chi connectivity index (χ0) is 7.61. The van der Waals surface area contributed by atoms with Crippen molar-refractivity contribution in [3.05, 3.63) is 0 Å². The number of rotatable bonds is 1. The Morgan fingerprint density at radius 2 is 2.20 bits per heavy atom. The van der Waals surface area contributed by atoms with E-state index in [2.05, 4.69) is 13.8 Å². The fourth-order valence-corrected chi connectivity index (χ4v) is 1.62. The largest absolute Gasteiger partial charge is 0.299 e. The number of hydrogen-bond acceptors (Lipinski definition) is 1. The van der Waals surface area contributed by atoms with Gasteiger partial charge in [0.2, 0.25) is 0 Å². The lowest BCUT2D eigenvalue weighted by Crippen LogP contribution is -2.30. The summed E-state index contributed by atoms with van der Waals surface area (Å²) in [6.07, 6.45) is 5.32.